The maximum Gasteiger partial charge on any atom is 0.141 e. The van der Waals surface area contributed by atoms with Crippen LogP contribution < -0.4 is 10.6 Å². The maximum absolute atomic E-state index is 13.5. The van der Waals surface area contributed by atoms with Crippen LogP contribution in [0.25, 0.3) is 0 Å². The van der Waals surface area contributed by atoms with Crippen molar-refractivity contribution in [2.45, 2.75) is 19.3 Å². The number of pyridine rings is 2. The van der Waals surface area contributed by atoms with Gasteiger partial charge in [-0.3, -0.25) is 4.99 Å². The minimum Gasteiger partial charge on any atom is -0.411 e. The predicted molar refractivity (Wildman–Crippen MR) is 125 cm³/mol. The van der Waals surface area contributed by atoms with Gasteiger partial charge in [0.05, 0.1) is 10.7 Å². The molecule has 1 aliphatic rings. The van der Waals surface area contributed by atoms with E-state index < -0.39 is 5.82 Å². The van der Waals surface area contributed by atoms with Gasteiger partial charge in [0, 0.05) is 49.5 Å². The van der Waals surface area contributed by atoms with E-state index in [1.165, 1.54) is 12.1 Å². The lowest BCUT2D eigenvalue weighted by Crippen LogP contribution is -2.10. The summed E-state index contributed by atoms with van der Waals surface area (Å²) in [5.74, 6) is 1.88. The van der Waals surface area contributed by atoms with Crippen molar-refractivity contribution in [1.82, 2.24) is 9.97 Å². The second kappa shape index (κ2) is 10.2. The molecule has 3 heterocycles. The van der Waals surface area contributed by atoms with E-state index in [0.717, 1.165) is 41.3 Å². The van der Waals surface area contributed by atoms with Gasteiger partial charge in [0.2, 0.25) is 0 Å². The van der Waals surface area contributed by atoms with Gasteiger partial charge < -0.3 is 15.8 Å². The molecule has 0 fully saturated rings. The molecule has 2 aromatic heterocycles. The second-order valence-corrected chi connectivity index (χ2v) is 7.69. The van der Waals surface area contributed by atoms with E-state index in [4.69, 9.17) is 11.6 Å². The van der Waals surface area contributed by atoms with E-state index >= 15 is 0 Å². The van der Waals surface area contributed by atoms with E-state index in [9.17, 15) is 9.60 Å². The van der Waals surface area contributed by atoms with Gasteiger partial charge >= 0.3 is 0 Å². The Morgan fingerprint density at radius 2 is 2.09 bits per heavy atom. The van der Waals surface area contributed by atoms with Crippen LogP contribution in [-0.4, -0.2) is 39.8 Å². The number of nitrogens with zero attached hydrogens (tertiary/aromatic N) is 4. The molecule has 0 aliphatic carbocycles. The highest BCUT2D eigenvalue weighted by atomic mass is 35.5. The van der Waals surface area contributed by atoms with Crippen LogP contribution in [-0.2, 0) is 12.8 Å². The summed E-state index contributed by atoms with van der Waals surface area (Å²) in [5.41, 5.74) is 2.88. The Bertz CT molecular complexity index is 1150. The molecule has 0 radical (unpaired) electrons. The van der Waals surface area contributed by atoms with Crippen molar-refractivity contribution in [3.8, 4) is 0 Å². The quantitative estimate of drug-likeness (QED) is 0.201. The van der Waals surface area contributed by atoms with Crippen LogP contribution in [0.15, 0.2) is 65.0 Å². The molecule has 32 heavy (non-hydrogen) atoms. The highest BCUT2D eigenvalue weighted by Gasteiger charge is 2.23. The van der Waals surface area contributed by atoms with Gasteiger partial charge in [-0.15, -0.1) is 0 Å². The Kier molecular flexibility index (Phi) is 6.91. The molecule has 0 amide bonds. The number of anilines is 2. The summed E-state index contributed by atoms with van der Waals surface area (Å²) in [5, 5.41) is 19.7. The fourth-order valence-corrected chi connectivity index (χ4v) is 3.70. The van der Waals surface area contributed by atoms with E-state index in [-0.39, 0.29) is 5.02 Å². The topological polar surface area (TPSA) is 94.8 Å². The van der Waals surface area contributed by atoms with Crippen molar-refractivity contribution in [2.24, 2.45) is 10.1 Å². The highest BCUT2D eigenvalue weighted by Crippen LogP contribution is 2.26. The SMILES string of the molecule is O/N=C(\Cc1ccc(F)c(Cl)c1)c1ccnc2c1CC(=NCCCNc1ccccn1)N2. The zero-order chi connectivity index (χ0) is 22.3. The first-order valence-electron chi connectivity index (χ1n) is 10.2. The van der Waals surface area contributed by atoms with Crippen LogP contribution in [0.3, 0.4) is 0 Å². The van der Waals surface area contributed by atoms with Crippen molar-refractivity contribution in [1.29, 1.82) is 0 Å². The first-order valence-corrected chi connectivity index (χ1v) is 10.6. The summed E-state index contributed by atoms with van der Waals surface area (Å²) in [6, 6.07) is 12.0. The van der Waals surface area contributed by atoms with Gasteiger partial charge in [-0.25, -0.2) is 14.4 Å². The van der Waals surface area contributed by atoms with Gasteiger partial charge in [0.15, 0.2) is 0 Å². The third kappa shape index (κ3) is 5.20. The molecule has 4 rings (SSSR count). The Morgan fingerprint density at radius 1 is 1.19 bits per heavy atom. The molecule has 0 spiro atoms. The Hall–Kier alpha value is -3.52. The summed E-state index contributed by atoms with van der Waals surface area (Å²) in [4.78, 5) is 13.3. The molecule has 0 saturated heterocycles. The zero-order valence-corrected chi connectivity index (χ0v) is 18.0. The van der Waals surface area contributed by atoms with E-state index in [1.54, 1.807) is 24.5 Å². The van der Waals surface area contributed by atoms with Crippen LogP contribution in [0.1, 0.15) is 23.1 Å². The van der Waals surface area contributed by atoms with Crippen LogP contribution in [0.5, 0.6) is 0 Å². The highest BCUT2D eigenvalue weighted by molar-refractivity contribution is 6.30. The average Bonchev–Trinajstić information content (AvgIpc) is 3.23. The van der Waals surface area contributed by atoms with Crippen molar-refractivity contribution in [3.63, 3.8) is 0 Å². The van der Waals surface area contributed by atoms with Crippen molar-refractivity contribution < 1.29 is 9.60 Å². The third-order valence-corrected chi connectivity index (χ3v) is 5.35. The number of fused-ring (bicyclic) bond motifs is 1. The van der Waals surface area contributed by atoms with Gasteiger partial charge in [0.25, 0.3) is 0 Å². The minimum absolute atomic E-state index is 0.0355. The van der Waals surface area contributed by atoms with Gasteiger partial charge in [0.1, 0.15) is 23.3 Å². The molecule has 164 valence electrons. The van der Waals surface area contributed by atoms with E-state index in [0.29, 0.717) is 30.9 Å². The third-order valence-electron chi connectivity index (χ3n) is 5.06. The smallest absolute Gasteiger partial charge is 0.141 e. The minimum atomic E-state index is -0.483. The number of rotatable bonds is 8. The van der Waals surface area contributed by atoms with Gasteiger partial charge in [-0.2, -0.15) is 0 Å². The standard InChI is InChI=1S/C23H22ClFN6O/c24-18-12-15(5-6-19(18)25)13-20(31-32)16-7-11-29-23-17(16)14-22(30-23)28-10-3-9-27-21-4-1-2-8-26-21/h1-2,4-8,11-12,32H,3,9-10,13-14H2,(H,26,27)(H,28,29,30)/b31-20+. The summed E-state index contributed by atoms with van der Waals surface area (Å²) < 4.78 is 13.5. The van der Waals surface area contributed by atoms with E-state index in [1.807, 2.05) is 18.2 Å². The molecule has 0 saturated carbocycles. The number of halogens is 2. The largest absolute Gasteiger partial charge is 0.411 e. The number of hydrogen-bond acceptors (Lipinski definition) is 6. The Labute approximate surface area is 190 Å². The molecule has 1 aliphatic heterocycles. The van der Waals surface area contributed by atoms with Gasteiger partial charge in [-0.05, 0) is 42.3 Å². The maximum atomic E-state index is 13.5. The summed E-state index contributed by atoms with van der Waals surface area (Å²) in [6.07, 6.45) is 5.13. The average molecular weight is 453 g/mol. The molecule has 9 heteroatoms. The Balaban J connectivity index is 1.39. The first kappa shape index (κ1) is 21.7. The summed E-state index contributed by atoms with van der Waals surface area (Å²) >= 11 is 5.88. The monoisotopic (exact) mass is 452 g/mol. The number of amidine groups is 1. The number of benzene rings is 1. The molecule has 1 aromatic carbocycles. The number of aliphatic imine (C=N–C) groups is 1. The van der Waals surface area contributed by atoms with Crippen molar-refractivity contribution in [3.05, 3.63) is 82.4 Å². The zero-order valence-electron chi connectivity index (χ0n) is 17.2. The van der Waals surface area contributed by atoms with Crippen molar-refractivity contribution in [2.75, 3.05) is 23.7 Å². The number of aromatic nitrogens is 2. The summed E-state index contributed by atoms with van der Waals surface area (Å²) in [7, 11) is 0. The first-order chi connectivity index (χ1) is 15.6. The molecule has 0 unspecified atom stereocenters. The lowest BCUT2D eigenvalue weighted by atomic mass is 9.98. The van der Waals surface area contributed by atoms with Crippen LogP contribution in [0.2, 0.25) is 5.02 Å². The van der Waals surface area contributed by atoms with Crippen LogP contribution >= 0.6 is 11.6 Å². The lowest BCUT2D eigenvalue weighted by molar-refractivity contribution is 0.318. The molecule has 3 N–H and O–H groups in total. The fraction of sp³-hybridized carbons (Fsp3) is 0.217. The number of oxime groups is 1. The molecule has 7 nitrogen and oxygen atoms in total. The van der Waals surface area contributed by atoms with Crippen LogP contribution in [0.4, 0.5) is 16.0 Å². The van der Waals surface area contributed by atoms with Gasteiger partial charge in [-0.1, -0.05) is 28.9 Å². The summed E-state index contributed by atoms with van der Waals surface area (Å²) in [6.45, 7) is 1.42. The number of nitrogens with one attached hydrogen (secondary N) is 2. The molecule has 3 aromatic rings. The Morgan fingerprint density at radius 3 is 2.88 bits per heavy atom. The van der Waals surface area contributed by atoms with Crippen molar-refractivity contribution >= 4 is 34.8 Å². The molecular weight excluding hydrogens is 431 g/mol. The fourth-order valence-electron chi connectivity index (χ4n) is 3.50. The van der Waals surface area contributed by atoms with Crippen LogP contribution in [0, 0.1) is 5.82 Å². The molecular formula is C23H22ClFN6O. The van der Waals surface area contributed by atoms with E-state index in [2.05, 4.69) is 30.7 Å². The molecule has 0 atom stereocenters. The molecule has 0 bridgehead atoms. The predicted octanol–water partition coefficient (Wildman–Crippen LogP) is 4.56. The normalized spacial score (nSPS) is 14.3. The lowest BCUT2D eigenvalue weighted by Gasteiger charge is -2.09. The second-order valence-electron chi connectivity index (χ2n) is 7.28. The number of hydrogen-bond donors (Lipinski definition) is 3.